The maximum absolute atomic E-state index is 8.76. The Bertz CT molecular complexity index is 225. The summed E-state index contributed by atoms with van der Waals surface area (Å²) >= 11 is 0. The smallest absolute Gasteiger partial charge is 0.0431 e. The van der Waals surface area contributed by atoms with Gasteiger partial charge in [-0.1, -0.05) is 12.8 Å². The monoisotopic (exact) mass is 270 g/mol. The molecule has 1 fully saturated rings. The third kappa shape index (κ3) is 8.61. The van der Waals surface area contributed by atoms with E-state index in [1.807, 2.05) is 0 Å². The van der Waals surface area contributed by atoms with Crippen molar-refractivity contribution in [3.63, 3.8) is 0 Å². The molecule has 1 aliphatic heterocycles. The molecule has 3 heteroatoms. The lowest BCUT2D eigenvalue weighted by molar-refractivity contribution is 0.163. The van der Waals surface area contributed by atoms with Crippen LogP contribution >= 0.6 is 0 Å². The number of nitrogens with one attached hydrogen (secondary N) is 1. The van der Waals surface area contributed by atoms with Gasteiger partial charge in [0.05, 0.1) is 0 Å². The van der Waals surface area contributed by atoms with Gasteiger partial charge < -0.3 is 15.3 Å². The number of nitrogens with zero attached hydrogens (tertiary/aromatic N) is 1. The average Bonchev–Trinajstić information content (AvgIpc) is 2.36. The van der Waals surface area contributed by atoms with E-state index in [2.05, 4.69) is 31.0 Å². The van der Waals surface area contributed by atoms with Crippen molar-refractivity contribution in [2.24, 2.45) is 5.92 Å². The van der Waals surface area contributed by atoms with Crippen LogP contribution in [0.15, 0.2) is 0 Å². The molecule has 0 amide bonds. The number of piperidine rings is 1. The molecule has 1 unspecified atom stereocenters. The summed E-state index contributed by atoms with van der Waals surface area (Å²) in [6, 6.07) is 0. The van der Waals surface area contributed by atoms with Gasteiger partial charge >= 0.3 is 0 Å². The van der Waals surface area contributed by atoms with E-state index in [4.69, 9.17) is 5.11 Å². The fourth-order valence-corrected chi connectivity index (χ4v) is 2.77. The van der Waals surface area contributed by atoms with Crippen molar-refractivity contribution in [1.82, 2.24) is 10.2 Å². The van der Waals surface area contributed by atoms with Gasteiger partial charge in [0.2, 0.25) is 0 Å². The normalized spacial score (nSPS) is 21.8. The minimum absolute atomic E-state index is 0.243. The van der Waals surface area contributed by atoms with Crippen LogP contribution in [0.25, 0.3) is 0 Å². The second-order valence-electron chi connectivity index (χ2n) is 7.08. The summed E-state index contributed by atoms with van der Waals surface area (Å²) in [5.74, 6) is 0.824. The lowest BCUT2D eigenvalue weighted by Crippen LogP contribution is -2.44. The molecule has 0 aromatic rings. The molecule has 19 heavy (non-hydrogen) atoms. The Hall–Kier alpha value is -0.120. The van der Waals surface area contributed by atoms with E-state index >= 15 is 0 Å². The average molecular weight is 270 g/mol. The first-order valence-corrected chi connectivity index (χ1v) is 8.09. The SMILES string of the molecule is CC(C)(C)NCC1CCCN(CCCCCCO)C1. The molecule has 114 valence electrons. The Labute approximate surface area is 119 Å². The molecule has 0 bridgehead atoms. The molecule has 0 spiro atoms. The summed E-state index contributed by atoms with van der Waals surface area (Å²) in [4.78, 5) is 2.64. The molecule has 0 aromatic carbocycles. The predicted molar refractivity (Wildman–Crippen MR) is 82.5 cm³/mol. The zero-order chi connectivity index (χ0) is 14.1. The molecular weight excluding hydrogens is 236 g/mol. The van der Waals surface area contributed by atoms with E-state index in [9.17, 15) is 0 Å². The Balaban J connectivity index is 2.12. The van der Waals surface area contributed by atoms with Crippen LogP contribution in [-0.2, 0) is 0 Å². The van der Waals surface area contributed by atoms with E-state index in [0.717, 1.165) is 18.9 Å². The molecule has 1 heterocycles. The van der Waals surface area contributed by atoms with Crippen LogP contribution in [0.1, 0.15) is 59.3 Å². The van der Waals surface area contributed by atoms with E-state index in [-0.39, 0.29) is 5.54 Å². The van der Waals surface area contributed by atoms with Crippen LogP contribution < -0.4 is 5.32 Å². The maximum Gasteiger partial charge on any atom is 0.0431 e. The first kappa shape index (κ1) is 16.9. The number of aliphatic hydroxyl groups is 1. The summed E-state index contributed by atoms with van der Waals surface area (Å²) in [6.07, 6.45) is 7.44. The number of hydrogen-bond donors (Lipinski definition) is 2. The third-order valence-corrected chi connectivity index (χ3v) is 3.91. The predicted octanol–water partition coefficient (Wildman–Crippen LogP) is 2.64. The number of likely N-dealkylation sites (tertiary alicyclic amines) is 1. The number of hydrogen-bond acceptors (Lipinski definition) is 3. The zero-order valence-electron chi connectivity index (χ0n) is 13.2. The van der Waals surface area contributed by atoms with Gasteiger partial charge in [-0.2, -0.15) is 0 Å². The summed E-state index contributed by atoms with van der Waals surface area (Å²) in [6.45, 7) is 12.0. The molecule has 0 radical (unpaired) electrons. The minimum atomic E-state index is 0.243. The van der Waals surface area contributed by atoms with Crippen LogP contribution in [0.3, 0.4) is 0 Å². The van der Waals surface area contributed by atoms with Crippen LogP contribution in [0.5, 0.6) is 0 Å². The number of aliphatic hydroxyl groups excluding tert-OH is 1. The molecule has 1 aliphatic rings. The highest BCUT2D eigenvalue weighted by Gasteiger charge is 2.20. The molecule has 3 nitrogen and oxygen atoms in total. The first-order chi connectivity index (χ1) is 9.01. The highest BCUT2D eigenvalue weighted by molar-refractivity contribution is 4.78. The third-order valence-electron chi connectivity index (χ3n) is 3.91. The van der Waals surface area contributed by atoms with Crippen molar-refractivity contribution in [3.05, 3.63) is 0 Å². The van der Waals surface area contributed by atoms with Crippen molar-refractivity contribution in [3.8, 4) is 0 Å². The lowest BCUT2D eigenvalue weighted by atomic mass is 9.96. The van der Waals surface area contributed by atoms with Crippen LogP contribution in [-0.4, -0.2) is 48.3 Å². The maximum atomic E-state index is 8.76. The summed E-state index contributed by atoms with van der Waals surface area (Å²) in [5.41, 5.74) is 0.243. The Kier molecular flexibility index (Phi) is 7.96. The lowest BCUT2D eigenvalue weighted by Gasteiger charge is -2.34. The van der Waals surface area contributed by atoms with Crippen molar-refractivity contribution < 1.29 is 5.11 Å². The van der Waals surface area contributed by atoms with Gasteiger partial charge in [-0.15, -0.1) is 0 Å². The van der Waals surface area contributed by atoms with Crippen molar-refractivity contribution in [1.29, 1.82) is 0 Å². The Morgan fingerprint density at radius 3 is 2.58 bits per heavy atom. The van der Waals surface area contributed by atoms with E-state index in [0.29, 0.717) is 6.61 Å². The molecule has 0 saturated carbocycles. The second kappa shape index (κ2) is 8.93. The number of rotatable bonds is 8. The summed E-state index contributed by atoms with van der Waals surface area (Å²) in [5, 5.41) is 12.4. The Morgan fingerprint density at radius 2 is 1.89 bits per heavy atom. The molecule has 0 aromatic heterocycles. The van der Waals surface area contributed by atoms with Gasteiger partial charge in [0.1, 0.15) is 0 Å². The first-order valence-electron chi connectivity index (χ1n) is 8.09. The molecule has 2 N–H and O–H groups in total. The molecule has 1 saturated heterocycles. The number of unbranched alkanes of at least 4 members (excludes halogenated alkanes) is 3. The quantitative estimate of drug-likeness (QED) is 0.666. The summed E-state index contributed by atoms with van der Waals surface area (Å²) in [7, 11) is 0. The van der Waals surface area contributed by atoms with Crippen molar-refractivity contribution >= 4 is 0 Å². The van der Waals surface area contributed by atoms with E-state index < -0.39 is 0 Å². The van der Waals surface area contributed by atoms with Crippen molar-refractivity contribution in [2.45, 2.75) is 64.8 Å². The Morgan fingerprint density at radius 1 is 1.16 bits per heavy atom. The molecule has 0 aliphatic carbocycles. The fraction of sp³-hybridized carbons (Fsp3) is 1.00. The summed E-state index contributed by atoms with van der Waals surface area (Å²) < 4.78 is 0. The van der Waals surface area contributed by atoms with Crippen molar-refractivity contribution in [2.75, 3.05) is 32.8 Å². The highest BCUT2D eigenvalue weighted by Crippen LogP contribution is 2.17. The van der Waals surface area contributed by atoms with Crippen LogP contribution in [0.2, 0.25) is 0 Å². The van der Waals surface area contributed by atoms with Gasteiger partial charge in [0, 0.05) is 18.7 Å². The van der Waals surface area contributed by atoms with Gasteiger partial charge in [0.25, 0.3) is 0 Å². The standard InChI is InChI=1S/C16H34N2O/c1-16(2,3)17-13-15-9-8-11-18(14-15)10-6-4-5-7-12-19/h15,17,19H,4-14H2,1-3H3. The van der Waals surface area contributed by atoms with Gasteiger partial charge in [-0.25, -0.2) is 0 Å². The van der Waals surface area contributed by atoms with Gasteiger partial charge in [-0.3, -0.25) is 0 Å². The highest BCUT2D eigenvalue weighted by atomic mass is 16.2. The van der Waals surface area contributed by atoms with Gasteiger partial charge in [-0.05, 0) is 72.0 Å². The molecular formula is C16H34N2O. The molecule has 1 rings (SSSR count). The zero-order valence-corrected chi connectivity index (χ0v) is 13.2. The topological polar surface area (TPSA) is 35.5 Å². The molecule has 1 atom stereocenters. The largest absolute Gasteiger partial charge is 0.396 e. The second-order valence-corrected chi connectivity index (χ2v) is 7.08. The van der Waals surface area contributed by atoms with Crippen LogP contribution in [0.4, 0.5) is 0 Å². The van der Waals surface area contributed by atoms with E-state index in [1.165, 1.54) is 51.7 Å². The van der Waals surface area contributed by atoms with E-state index in [1.54, 1.807) is 0 Å². The minimum Gasteiger partial charge on any atom is -0.396 e. The fourth-order valence-electron chi connectivity index (χ4n) is 2.77. The van der Waals surface area contributed by atoms with Gasteiger partial charge in [0.15, 0.2) is 0 Å². The van der Waals surface area contributed by atoms with Crippen LogP contribution in [0, 0.1) is 5.92 Å².